The lowest BCUT2D eigenvalue weighted by Gasteiger charge is -1.90. The van der Waals surface area contributed by atoms with E-state index in [4.69, 9.17) is 0 Å². The van der Waals surface area contributed by atoms with Crippen LogP contribution in [0.1, 0.15) is 5.56 Å². The standard InChI is InChI=1S/C9H7S/c10-8-4-7-9-5-2-1-3-6-9/h1-7H. The lowest BCUT2D eigenvalue weighted by molar-refractivity contribution is 1.54. The molecule has 1 radical (unpaired) electrons. The summed E-state index contributed by atoms with van der Waals surface area (Å²) in [5, 5.41) is 2.52. The molecule has 0 heterocycles. The molecule has 0 amide bonds. The van der Waals surface area contributed by atoms with Crippen molar-refractivity contribution in [3.8, 4) is 0 Å². The minimum absolute atomic E-state index is 1.15. The molecule has 1 rings (SSSR count). The quantitative estimate of drug-likeness (QED) is 0.579. The van der Waals surface area contributed by atoms with Crippen molar-refractivity contribution in [2.75, 3.05) is 0 Å². The summed E-state index contributed by atoms with van der Waals surface area (Å²) < 4.78 is 0. The van der Waals surface area contributed by atoms with Crippen molar-refractivity contribution < 1.29 is 0 Å². The van der Waals surface area contributed by atoms with E-state index in [2.05, 4.69) is 17.2 Å². The molecular formula is C9H7S. The van der Waals surface area contributed by atoms with Gasteiger partial charge in [0.2, 0.25) is 0 Å². The molecule has 0 aliphatic carbocycles. The highest BCUT2D eigenvalue weighted by atomic mass is 32.1. The summed E-state index contributed by atoms with van der Waals surface area (Å²) in [6.07, 6.45) is 3.65. The van der Waals surface area contributed by atoms with Crippen molar-refractivity contribution in [1.82, 2.24) is 0 Å². The summed E-state index contributed by atoms with van der Waals surface area (Å²) in [7, 11) is 0. The molecule has 0 N–H and O–H groups in total. The monoisotopic (exact) mass is 147 g/mol. The van der Waals surface area contributed by atoms with Crippen LogP contribution in [0.5, 0.6) is 0 Å². The van der Waals surface area contributed by atoms with Gasteiger partial charge in [-0.05, 0) is 28.9 Å². The van der Waals surface area contributed by atoms with Crippen molar-refractivity contribution >= 4 is 17.2 Å². The largest absolute Gasteiger partial charge is 0.0622 e. The molecule has 0 aliphatic heterocycles. The summed E-state index contributed by atoms with van der Waals surface area (Å²) in [4.78, 5) is 0. The maximum absolute atomic E-state index is 4.51. The van der Waals surface area contributed by atoms with E-state index in [-0.39, 0.29) is 0 Å². The zero-order valence-corrected chi connectivity index (χ0v) is 6.27. The van der Waals surface area contributed by atoms with Crippen LogP contribution in [-0.4, -0.2) is 5.02 Å². The fourth-order valence-corrected chi connectivity index (χ4v) is 0.762. The third-order valence-corrected chi connectivity index (χ3v) is 1.28. The molecule has 0 atom stereocenters. The van der Waals surface area contributed by atoms with E-state index in [1.165, 1.54) is 0 Å². The van der Waals surface area contributed by atoms with Crippen LogP contribution in [0.25, 0.3) is 0 Å². The summed E-state index contributed by atoms with van der Waals surface area (Å²) in [6, 6.07) is 10.00. The first kappa shape index (κ1) is 7.20. The molecule has 10 heavy (non-hydrogen) atoms. The van der Waals surface area contributed by atoms with Crippen molar-refractivity contribution in [2.24, 2.45) is 0 Å². The van der Waals surface area contributed by atoms with Gasteiger partial charge in [-0.15, -0.1) is 0 Å². The van der Waals surface area contributed by atoms with E-state index in [9.17, 15) is 0 Å². The molecule has 0 saturated heterocycles. The van der Waals surface area contributed by atoms with Crippen molar-refractivity contribution in [1.29, 1.82) is 0 Å². The first-order chi connectivity index (χ1) is 4.93. The maximum atomic E-state index is 4.51. The van der Waals surface area contributed by atoms with E-state index in [1.807, 2.05) is 36.8 Å². The summed E-state index contributed by atoms with van der Waals surface area (Å²) >= 11 is 4.51. The molecule has 1 heteroatoms. The highest BCUT2D eigenvalue weighted by molar-refractivity contribution is 7.78. The summed E-state index contributed by atoms with van der Waals surface area (Å²) in [5.74, 6) is 0. The van der Waals surface area contributed by atoms with Gasteiger partial charge in [0.05, 0.1) is 0 Å². The van der Waals surface area contributed by atoms with Crippen LogP contribution in [0, 0.1) is 6.42 Å². The molecule has 0 aromatic heterocycles. The van der Waals surface area contributed by atoms with Crippen LogP contribution < -0.4 is 0 Å². The van der Waals surface area contributed by atoms with Gasteiger partial charge in [0.1, 0.15) is 0 Å². The van der Waals surface area contributed by atoms with E-state index in [0.717, 1.165) is 5.56 Å². The molecule has 0 unspecified atom stereocenters. The van der Waals surface area contributed by atoms with Crippen molar-refractivity contribution in [3.05, 3.63) is 48.4 Å². The minimum Gasteiger partial charge on any atom is -0.0622 e. The first-order valence-corrected chi connectivity index (χ1v) is 3.43. The highest BCUT2D eigenvalue weighted by Crippen LogP contribution is 2.00. The summed E-state index contributed by atoms with van der Waals surface area (Å²) in [5.41, 5.74) is 1.15. The molecule has 1 aromatic carbocycles. The predicted molar refractivity (Wildman–Crippen MR) is 47.0 cm³/mol. The maximum Gasteiger partial charge on any atom is 0.0212 e. The van der Waals surface area contributed by atoms with Gasteiger partial charge in [-0.1, -0.05) is 30.3 Å². The predicted octanol–water partition coefficient (Wildman–Crippen LogP) is 2.39. The molecule has 0 aliphatic rings. The van der Waals surface area contributed by atoms with Crippen LogP contribution in [0.4, 0.5) is 0 Å². The number of hydrogen-bond acceptors (Lipinski definition) is 1. The smallest absolute Gasteiger partial charge is 0.0212 e. The van der Waals surface area contributed by atoms with Crippen LogP contribution in [-0.2, 0) is 0 Å². The Morgan fingerprint density at radius 2 is 1.90 bits per heavy atom. The number of thiocarbonyl (C=S) groups is 1. The van der Waals surface area contributed by atoms with E-state index < -0.39 is 0 Å². The summed E-state index contributed by atoms with van der Waals surface area (Å²) in [6.45, 7) is 0. The highest BCUT2D eigenvalue weighted by Gasteiger charge is 1.83. The minimum atomic E-state index is 1.15. The Labute approximate surface area is 66.2 Å². The SMILES string of the molecule is S=C=C[CH]c1ccccc1. The van der Waals surface area contributed by atoms with Crippen LogP contribution in [0.3, 0.4) is 0 Å². The van der Waals surface area contributed by atoms with Crippen LogP contribution >= 0.6 is 12.2 Å². The number of hydrogen-bond donors (Lipinski definition) is 0. The van der Waals surface area contributed by atoms with E-state index >= 15 is 0 Å². The number of benzene rings is 1. The van der Waals surface area contributed by atoms with Crippen LogP contribution in [0.15, 0.2) is 36.4 Å². The molecular weight excluding hydrogens is 140 g/mol. The van der Waals surface area contributed by atoms with Gasteiger partial charge in [-0.25, -0.2) is 0 Å². The molecule has 0 spiro atoms. The average Bonchev–Trinajstić information content (AvgIpc) is 2.03. The molecule has 49 valence electrons. The fraction of sp³-hybridized carbons (Fsp3) is 0. The van der Waals surface area contributed by atoms with Gasteiger partial charge in [0.15, 0.2) is 0 Å². The third-order valence-electron chi connectivity index (χ3n) is 1.14. The Bertz CT molecular complexity index is 232. The Kier molecular flexibility index (Phi) is 2.88. The van der Waals surface area contributed by atoms with Gasteiger partial charge in [-0.3, -0.25) is 0 Å². The zero-order valence-electron chi connectivity index (χ0n) is 5.45. The Morgan fingerprint density at radius 3 is 2.50 bits per heavy atom. The van der Waals surface area contributed by atoms with Gasteiger partial charge < -0.3 is 0 Å². The molecule has 0 nitrogen and oxygen atoms in total. The van der Waals surface area contributed by atoms with Gasteiger partial charge >= 0.3 is 0 Å². The van der Waals surface area contributed by atoms with Gasteiger partial charge in [-0.2, -0.15) is 0 Å². The number of rotatable bonds is 2. The molecule has 0 fully saturated rings. The Hall–Kier alpha value is -0.910. The Morgan fingerprint density at radius 1 is 1.20 bits per heavy atom. The van der Waals surface area contributed by atoms with Crippen molar-refractivity contribution in [3.63, 3.8) is 0 Å². The second-order valence-corrected chi connectivity index (χ2v) is 2.10. The van der Waals surface area contributed by atoms with Gasteiger partial charge in [0, 0.05) is 6.42 Å². The third kappa shape index (κ3) is 2.14. The molecule has 0 bridgehead atoms. The van der Waals surface area contributed by atoms with Crippen LogP contribution in [0.2, 0.25) is 0 Å². The molecule has 0 saturated carbocycles. The normalized spacial score (nSPS) is 8.40. The van der Waals surface area contributed by atoms with E-state index in [1.54, 1.807) is 6.08 Å². The number of allylic oxidation sites excluding steroid dienone is 1. The zero-order chi connectivity index (χ0) is 7.23. The van der Waals surface area contributed by atoms with Gasteiger partial charge in [0.25, 0.3) is 0 Å². The average molecular weight is 147 g/mol. The Balaban J connectivity index is 2.67. The molecule has 1 aromatic rings. The second kappa shape index (κ2) is 3.99. The van der Waals surface area contributed by atoms with Crippen molar-refractivity contribution in [2.45, 2.75) is 0 Å². The lowest BCUT2D eigenvalue weighted by Crippen LogP contribution is -1.73. The first-order valence-electron chi connectivity index (χ1n) is 3.03. The topological polar surface area (TPSA) is 0 Å². The second-order valence-electron chi connectivity index (χ2n) is 1.86. The van der Waals surface area contributed by atoms with E-state index in [0.29, 0.717) is 0 Å². The fourth-order valence-electron chi connectivity index (χ4n) is 0.694. The lowest BCUT2D eigenvalue weighted by atomic mass is 10.2.